The summed E-state index contributed by atoms with van der Waals surface area (Å²) in [6.07, 6.45) is 2.92. The summed E-state index contributed by atoms with van der Waals surface area (Å²) in [4.78, 5) is 11.4. The molecule has 0 saturated carbocycles. The van der Waals surface area contributed by atoms with Crippen LogP contribution in [-0.2, 0) is 34.3 Å². The van der Waals surface area contributed by atoms with Crippen LogP contribution in [0.1, 0.15) is 40.4 Å². The van der Waals surface area contributed by atoms with E-state index in [1.54, 1.807) is 31.2 Å². The van der Waals surface area contributed by atoms with E-state index in [-0.39, 0.29) is 23.3 Å². The molecule has 8 nitrogen and oxygen atoms in total. The van der Waals surface area contributed by atoms with E-state index in [1.807, 2.05) is 12.1 Å². The quantitative estimate of drug-likeness (QED) is 0.216. The Kier molecular flexibility index (Phi) is 7.49. The number of nitrogens with zero attached hydrogens (tertiary/aromatic N) is 2. The average Bonchev–Trinajstić information content (AvgIpc) is 3.29. The molecule has 0 fully saturated rings. The monoisotopic (exact) mass is 514 g/mol. The molecule has 0 radical (unpaired) electrons. The predicted octanol–water partition coefficient (Wildman–Crippen LogP) is 6.25. The van der Waals surface area contributed by atoms with Crippen molar-refractivity contribution in [3.05, 3.63) is 81.9 Å². The second-order valence-electron chi connectivity index (χ2n) is 7.94. The van der Waals surface area contributed by atoms with E-state index < -0.39 is 15.0 Å². The Morgan fingerprint density at radius 2 is 1.74 bits per heavy atom. The molecular weight excluding hydrogens is 492 g/mol. The van der Waals surface area contributed by atoms with Crippen molar-refractivity contribution in [2.75, 3.05) is 6.61 Å². The summed E-state index contributed by atoms with van der Waals surface area (Å²) < 4.78 is 43.5. The highest BCUT2D eigenvalue weighted by Crippen LogP contribution is 2.37. The minimum atomic E-state index is -4.49. The zero-order valence-electron chi connectivity index (χ0n) is 18.9. The number of halogens is 1. The number of hydrogen-bond acceptors (Lipinski definition) is 7. The fourth-order valence-electron chi connectivity index (χ4n) is 3.76. The van der Waals surface area contributed by atoms with Crippen molar-refractivity contribution >= 4 is 39.1 Å². The molecule has 0 amide bonds. The molecular formula is C25H23ClN2O6S. The Morgan fingerprint density at radius 1 is 1.03 bits per heavy atom. The van der Waals surface area contributed by atoms with Gasteiger partial charge in [-0.3, -0.25) is 4.55 Å². The maximum absolute atomic E-state index is 11.8. The lowest BCUT2D eigenvalue weighted by molar-refractivity contribution is 0.0526. The molecule has 3 aromatic rings. The van der Waals surface area contributed by atoms with Crippen LogP contribution in [0.5, 0.6) is 5.75 Å². The molecule has 0 aromatic heterocycles. The molecule has 0 saturated heterocycles. The van der Waals surface area contributed by atoms with E-state index in [4.69, 9.17) is 21.1 Å². The van der Waals surface area contributed by atoms with Gasteiger partial charge in [-0.15, -0.1) is 5.11 Å². The molecule has 1 N–H and O–H groups in total. The molecule has 0 bridgehead atoms. The van der Waals surface area contributed by atoms with E-state index in [0.29, 0.717) is 23.6 Å². The number of hydrogen-bond donors (Lipinski definition) is 1. The zero-order valence-corrected chi connectivity index (χ0v) is 20.5. The average molecular weight is 515 g/mol. The van der Waals surface area contributed by atoms with Crippen LogP contribution in [0.15, 0.2) is 69.7 Å². The minimum absolute atomic E-state index is 0.109. The summed E-state index contributed by atoms with van der Waals surface area (Å²) in [6, 6.07) is 14.8. The van der Waals surface area contributed by atoms with Gasteiger partial charge in [0.15, 0.2) is 0 Å². The first-order valence-corrected chi connectivity index (χ1v) is 12.8. The Bertz CT molecular complexity index is 1390. The lowest BCUT2D eigenvalue weighted by atomic mass is 10.1. The smallest absolute Gasteiger partial charge is 0.338 e. The highest BCUT2D eigenvalue weighted by molar-refractivity contribution is 7.86. The second-order valence-corrected chi connectivity index (χ2v) is 9.74. The Balaban J connectivity index is 1.57. The largest absolute Gasteiger partial charge is 0.487 e. The van der Waals surface area contributed by atoms with Gasteiger partial charge in [-0.1, -0.05) is 23.7 Å². The molecule has 3 aromatic carbocycles. The lowest BCUT2D eigenvalue weighted by Crippen LogP contribution is -2.05. The van der Waals surface area contributed by atoms with Crippen molar-refractivity contribution in [3.63, 3.8) is 0 Å². The Hall–Kier alpha value is -3.27. The first kappa shape index (κ1) is 24.8. The van der Waals surface area contributed by atoms with Crippen LogP contribution in [0.4, 0.5) is 11.4 Å². The molecule has 4 rings (SSSR count). The van der Waals surface area contributed by atoms with E-state index in [9.17, 15) is 17.8 Å². The molecule has 35 heavy (non-hydrogen) atoms. The number of carbonyl (C=O) groups excluding carboxylic acids is 1. The molecule has 10 heteroatoms. The molecule has 1 aliphatic carbocycles. The van der Waals surface area contributed by atoms with E-state index in [1.165, 1.54) is 23.3 Å². The van der Waals surface area contributed by atoms with Gasteiger partial charge in [0.2, 0.25) is 0 Å². The van der Waals surface area contributed by atoms with Crippen LogP contribution < -0.4 is 4.74 Å². The van der Waals surface area contributed by atoms with Crippen molar-refractivity contribution in [3.8, 4) is 5.75 Å². The van der Waals surface area contributed by atoms with Crippen LogP contribution >= 0.6 is 11.6 Å². The topological polar surface area (TPSA) is 115 Å². The number of rotatable bonds is 8. The molecule has 0 atom stereocenters. The third kappa shape index (κ3) is 6.05. The second kappa shape index (κ2) is 10.6. The van der Waals surface area contributed by atoms with Crippen LogP contribution in [-0.4, -0.2) is 25.5 Å². The summed E-state index contributed by atoms with van der Waals surface area (Å²) in [7, 11) is -4.49. The highest BCUT2D eigenvalue weighted by atomic mass is 35.5. The first-order chi connectivity index (χ1) is 16.7. The van der Waals surface area contributed by atoms with Gasteiger partial charge < -0.3 is 9.47 Å². The van der Waals surface area contributed by atoms with Crippen molar-refractivity contribution < 1.29 is 27.2 Å². The van der Waals surface area contributed by atoms with Crippen LogP contribution in [0.25, 0.3) is 0 Å². The van der Waals surface area contributed by atoms with Crippen molar-refractivity contribution in [2.45, 2.75) is 37.7 Å². The van der Waals surface area contributed by atoms with Gasteiger partial charge in [0.05, 0.1) is 22.9 Å². The predicted molar refractivity (Wildman–Crippen MR) is 131 cm³/mol. The van der Waals surface area contributed by atoms with Crippen LogP contribution in [0, 0.1) is 0 Å². The molecule has 0 spiro atoms. The fraction of sp³-hybridized carbons (Fsp3) is 0.240. The van der Waals surface area contributed by atoms with Gasteiger partial charge >= 0.3 is 5.97 Å². The van der Waals surface area contributed by atoms with Gasteiger partial charge in [-0.05, 0) is 85.3 Å². The van der Waals surface area contributed by atoms with Crippen molar-refractivity contribution in [1.82, 2.24) is 0 Å². The number of ether oxygens (including phenoxy) is 2. The summed E-state index contributed by atoms with van der Waals surface area (Å²) in [5.41, 5.74) is 4.39. The SMILES string of the molecule is CCOC(=O)c1ccc(COc2cc3c(cc2N=Nc2ccc(Cl)c(S(=O)(=O)O)c2)CCC3)cc1. The van der Waals surface area contributed by atoms with Gasteiger partial charge in [0.25, 0.3) is 10.1 Å². The van der Waals surface area contributed by atoms with E-state index in [0.717, 1.165) is 30.9 Å². The Labute approximate surface area is 208 Å². The summed E-state index contributed by atoms with van der Waals surface area (Å²) >= 11 is 5.87. The first-order valence-electron chi connectivity index (χ1n) is 11.0. The van der Waals surface area contributed by atoms with Gasteiger partial charge in [0, 0.05) is 0 Å². The number of benzene rings is 3. The van der Waals surface area contributed by atoms with Gasteiger partial charge in [0.1, 0.15) is 22.9 Å². The van der Waals surface area contributed by atoms with Gasteiger partial charge in [-0.2, -0.15) is 13.5 Å². The van der Waals surface area contributed by atoms with Crippen molar-refractivity contribution in [1.29, 1.82) is 0 Å². The number of fused-ring (bicyclic) bond motifs is 1. The summed E-state index contributed by atoms with van der Waals surface area (Å²) in [6.45, 7) is 2.32. The number of azo groups is 1. The third-order valence-electron chi connectivity index (χ3n) is 5.50. The molecule has 1 aliphatic rings. The lowest BCUT2D eigenvalue weighted by Gasteiger charge is -2.11. The Morgan fingerprint density at radius 3 is 2.43 bits per heavy atom. The number of carbonyl (C=O) groups is 1. The van der Waals surface area contributed by atoms with E-state index >= 15 is 0 Å². The molecule has 0 unspecified atom stereocenters. The van der Waals surface area contributed by atoms with Crippen LogP contribution in [0.3, 0.4) is 0 Å². The molecule has 182 valence electrons. The standard InChI is InChI=1S/C25H23ClN2O6S/c1-2-33-25(29)17-8-6-16(7-9-17)15-34-23-13-19-5-3-4-18(19)12-22(23)28-27-20-10-11-21(26)24(14-20)35(30,31)32/h6-14H,2-5,15H2,1H3,(H,30,31,32). The fourth-order valence-corrected chi connectivity index (χ4v) is 4.75. The minimum Gasteiger partial charge on any atom is -0.487 e. The number of aryl methyl sites for hydroxylation is 2. The third-order valence-corrected chi connectivity index (χ3v) is 6.83. The zero-order chi connectivity index (χ0) is 25.0. The number of esters is 1. The molecule has 0 heterocycles. The maximum Gasteiger partial charge on any atom is 0.338 e. The summed E-state index contributed by atoms with van der Waals surface area (Å²) in [5.74, 6) is 0.161. The maximum atomic E-state index is 11.8. The molecule has 0 aliphatic heterocycles. The van der Waals surface area contributed by atoms with Crippen molar-refractivity contribution in [2.24, 2.45) is 10.2 Å². The summed E-state index contributed by atoms with van der Waals surface area (Å²) in [5, 5.41) is 8.33. The highest BCUT2D eigenvalue weighted by Gasteiger charge is 2.17. The van der Waals surface area contributed by atoms with Gasteiger partial charge in [-0.25, -0.2) is 4.79 Å². The van der Waals surface area contributed by atoms with E-state index in [2.05, 4.69) is 10.2 Å². The normalized spacial score (nSPS) is 13.1. The van der Waals surface area contributed by atoms with Crippen LogP contribution in [0.2, 0.25) is 5.02 Å².